The number of ether oxygens (including phenoxy) is 2. The number of nitrogens with zero attached hydrogens (tertiary/aromatic N) is 1. The van der Waals surface area contributed by atoms with Gasteiger partial charge in [0.1, 0.15) is 5.60 Å². The van der Waals surface area contributed by atoms with E-state index in [9.17, 15) is 4.79 Å². The number of carbonyl (C=O) groups excluding carboxylic acids is 1. The molecule has 1 amide bonds. The van der Waals surface area contributed by atoms with Crippen LogP contribution in [0.25, 0.3) is 0 Å². The van der Waals surface area contributed by atoms with Crippen LogP contribution in [-0.2, 0) is 16.0 Å². The Balaban J connectivity index is 1.82. The molecule has 0 saturated carbocycles. The molecule has 2 rings (SSSR count). The highest BCUT2D eigenvalue weighted by atomic mass is 127. The van der Waals surface area contributed by atoms with E-state index in [4.69, 9.17) is 9.47 Å². The summed E-state index contributed by atoms with van der Waals surface area (Å²) in [7, 11) is 1.76. The normalized spacial score (nSPS) is 17.4. The molecule has 1 saturated heterocycles. The monoisotopic (exact) mass is 460 g/mol. The summed E-state index contributed by atoms with van der Waals surface area (Å²) in [6, 6.07) is 8.50. The topological polar surface area (TPSA) is 50.8 Å². The van der Waals surface area contributed by atoms with Crippen molar-refractivity contribution in [3.05, 3.63) is 33.4 Å². The first-order valence-electron chi connectivity index (χ1n) is 8.71. The minimum absolute atomic E-state index is 0.221. The summed E-state index contributed by atoms with van der Waals surface area (Å²) in [5.41, 5.74) is 0.585. The number of hydrogen-bond donors (Lipinski definition) is 1. The Morgan fingerprint density at radius 1 is 1.24 bits per heavy atom. The number of halogens is 1. The lowest BCUT2D eigenvalue weighted by molar-refractivity contribution is -0.0588. The van der Waals surface area contributed by atoms with Crippen molar-refractivity contribution in [2.24, 2.45) is 0 Å². The maximum Gasteiger partial charge on any atom is 0.410 e. The van der Waals surface area contributed by atoms with Crippen molar-refractivity contribution >= 4 is 28.7 Å². The number of piperidine rings is 1. The zero-order valence-electron chi connectivity index (χ0n) is 15.6. The molecular weight excluding hydrogens is 431 g/mol. The van der Waals surface area contributed by atoms with Crippen LogP contribution in [0.2, 0.25) is 0 Å². The number of carbonyl (C=O) groups is 1. The van der Waals surface area contributed by atoms with Gasteiger partial charge in [-0.2, -0.15) is 0 Å². The van der Waals surface area contributed by atoms with Gasteiger partial charge < -0.3 is 19.7 Å². The molecule has 1 fully saturated rings. The van der Waals surface area contributed by atoms with Crippen molar-refractivity contribution in [3.63, 3.8) is 0 Å². The van der Waals surface area contributed by atoms with Crippen LogP contribution in [0.15, 0.2) is 24.3 Å². The molecule has 0 radical (unpaired) electrons. The molecule has 0 bridgehead atoms. The Morgan fingerprint density at radius 3 is 2.36 bits per heavy atom. The van der Waals surface area contributed by atoms with Crippen molar-refractivity contribution in [2.75, 3.05) is 26.7 Å². The third kappa shape index (κ3) is 6.42. The summed E-state index contributed by atoms with van der Waals surface area (Å²) in [6.45, 7) is 8.59. The second-order valence-corrected chi connectivity index (χ2v) is 8.83. The summed E-state index contributed by atoms with van der Waals surface area (Å²) in [5.74, 6) is 0. The van der Waals surface area contributed by atoms with Gasteiger partial charge in [-0.25, -0.2) is 4.79 Å². The van der Waals surface area contributed by atoms with E-state index < -0.39 is 5.60 Å². The Kier molecular flexibility index (Phi) is 7.10. The Morgan fingerprint density at radius 2 is 1.84 bits per heavy atom. The number of amides is 1. The molecule has 1 N–H and O–H groups in total. The van der Waals surface area contributed by atoms with E-state index in [1.807, 2.05) is 20.8 Å². The smallest absolute Gasteiger partial charge is 0.410 e. The third-order valence-corrected chi connectivity index (χ3v) is 5.17. The van der Waals surface area contributed by atoms with Crippen LogP contribution in [0.1, 0.15) is 39.2 Å². The fourth-order valence-electron chi connectivity index (χ4n) is 2.91. The maximum absolute atomic E-state index is 12.2. The molecule has 1 aliphatic rings. The predicted molar refractivity (Wildman–Crippen MR) is 108 cm³/mol. The van der Waals surface area contributed by atoms with Gasteiger partial charge in [-0.3, -0.25) is 0 Å². The molecular formula is C19H29IN2O3. The standard InChI is InChI=1S/C19H29IN2O3/c1-18(2,3)25-17(23)22-11-9-19(24-4,10-12-22)14-21-13-15-5-7-16(20)8-6-15/h5-8,21H,9-14H2,1-4H3. The molecule has 0 spiro atoms. The van der Waals surface area contributed by atoms with Gasteiger partial charge in [0.15, 0.2) is 0 Å². The number of hydrogen-bond acceptors (Lipinski definition) is 4. The van der Waals surface area contributed by atoms with Crippen LogP contribution in [0.4, 0.5) is 4.79 Å². The van der Waals surface area contributed by atoms with Gasteiger partial charge in [0.2, 0.25) is 0 Å². The first-order valence-corrected chi connectivity index (χ1v) is 9.79. The highest BCUT2D eigenvalue weighted by Gasteiger charge is 2.36. The van der Waals surface area contributed by atoms with Crippen LogP contribution in [0.3, 0.4) is 0 Å². The fourth-order valence-corrected chi connectivity index (χ4v) is 3.27. The van der Waals surface area contributed by atoms with Crippen LogP contribution < -0.4 is 5.32 Å². The molecule has 0 aliphatic carbocycles. The van der Waals surface area contributed by atoms with Gasteiger partial charge in [0.05, 0.1) is 5.60 Å². The molecule has 0 atom stereocenters. The Labute approximate surface area is 164 Å². The van der Waals surface area contributed by atoms with E-state index >= 15 is 0 Å². The Hall–Kier alpha value is -0.860. The first kappa shape index (κ1) is 20.5. The summed E-state index contributed by atoms with van der Waals surface area (Å²) >= 11 is 2.31. The quantitative estimate of drug-likeness (QED) is 0.680. The van der Waals surface area contributed by atoms with Crippen molar-refractivity contribution in [1.82, 2.24) is 10.2 Å². The number of rotatable bonds is 5. The highest BCUT2D eigenvalue weighted by Crippen LogP contribution is 2.26. The highest BCUT2D eigenvalue weighted by molar-refractivity contribution is 14.1. The first-order chi connectivity index (χ1) is 11.7. The summed E-state index contributed by atoms with van der Waals surface area (Å²) in [5, 5.41) is 3.50. The van der Waals surface area contributed by atoms with E-state index in [1.165, 1.54) is 9.13 Å². The molecule has 25 heavy (non-hydrogen) atoms. The van der Waals surface area contributed by atoms with Crippen molar-refractivity contribution in [1.29, 1.82) is 0 Å². The number of nitrogens with one attached hydrogen (secondary N) is 1. The molecule has 140 valence electrons. The van der Waals surface area contributed by atoms with E-state index in [0.29, 0.717) is 13.1 Å². The second-order valence-electron chi connectivity index (χ2n) is 7.58. The van der Waals surface area contributed by atoms with Gasteiger partial charge in [-0.05, 0) is 73.9 Å². The Bertz CT molecular complexity index is 561. The maximum atomic E-state index is 12.2. The lowest BCUT2D eigenvalue weighted by Gasteiger charge is -2.41. The van der Waals surface area contributed by atoms with Gasteiger partial charge >= 0.3 is 6.09 Å². The lowest BCUT2D eigenvalue weighted by atomic mass is 9.91. The molecule has 5 nitrogen and oxygen atoms in total. The van der Waals surface area contributed by atoms with E-state index in [0.717, 1.165) is 25.9 Å². The largest absolute Gasteiger partial charge is 0.444 e. The minimum Gasteiger partial charge on any atom is -0.444 e. The van der Waals surface area contributed by atoms with E-state index in [-0.39, 0.29) is 11.7 Å². The SMILES string of the molecule is COC1(CNCc2ccc(I)cc2)CCN(C(=O)OC(C)(C)C)CC1. The average Bonchev–Trinajstić information content (AvgIpc) is 2.55. The molecule has 1 aliphatic heterocycles. The van der Waals surface area contributed by atoms with Gasteiger partial charge in [0, 0.05) is 36.9 Å². The molecule has 6 heteroatoms. The molecule has 1 aromatic carbocycles. The van der Waals surface area contributed by atoms with Crippen LogP contribution in [0.5, 0.6) is 0 Å². The average molecular weight is 460 g/mol. The van der Waals surface area contributed by atoms with Crippen molar-refractivity contribution < 1.29 is 14.3 Å². The van der Waals surface area contributed by atoms with Gasteiger partial charge in [-0.15, -0.1) is 0 Å². The lowest BCUT2D eigenvalue weighted by Crippen LogP contribution is -2.53. The molecule has 0 aromatic heterocycles. The zero-order valence-corrected chi connectivity index (χ0v) is 17.8. The third-order valence-electron chi connectivity index (χ3n) is 4.45. The van der Waals surface area contributed by atoms with E-state index in [2.05, 4.69) is 52.2 Å². The zero-order chi connectivity index (χ0) is 18.5. The minimum atomic E-state index is -0.456. The summed E-state index contributed by atoms with van der Waals surface area (Å²) < 4.78 is 12.5. The van der Waals surface area contributed by atoms with Gasteiger partial charge in [0.25, 0.3) is 0 Å². The fraction of sp³-hybridized carbons (Fsp3) is 0.632. The number of methoxy groups -OCH3 is 1. The summed E-state index contributed by atoms with van der Waals surface area (Å²) in [4.78, 5) is 14.0. The van der Waals surface area contributed by atoms with Crippen LogP contribution in [-0.4, -0.2) is 48.9 Å². The predicted octanol–water partition coefficient (Wildman–Crippen LogP) is 3.80. The molecule has 1 heterocycles. The number of likely N-dealkylation sites (tertiary alicyclic amines) is 1. The van der Waals surface area contributed by atoms with Gasteiger partial charge in [-0.1, -0.05) is 12.1 Å². The van der Waals surface area contributed by atoms with E-state index in [1.54, 1.807) is 12.0 Å². The number of benzene rings is 1. The van der Waals surface area contributed by atoms with Crippen molar-refractivity contribution in [3.8, 4) is 0 Å². The summed E-state index contributed by atoms with van der Waals surface area (Å²) in [6.07, 6.45) is 1.38. The second kappa shape index (κ2) is 8.68. The molecule has 0 unspecified atom stereocenters. The molecule has 1 aromatic rings. The van der Waals surface area contributed by atoms with Crippen LogP contribution in [0, 0.1) is 3.57 Å². The van der Waals surface area contributed by atoms with Crippen molar-refractivity contribution in [2.45, 2.75) is 51.4 Å². The van der Waals surface area contributed by atoms with Crippen LogP contribution >= 0.6 is 22.6 Å².